The highest BCUT2D eigenvalue weighted by Gasteiger charge is 2.17. The summed E-state index contributed by atoms with van der Waals surface area (Å²) in [7, 11) is 0. The van der Waals surface area contributed by atoms with Crippen LogP contribution in [-0.2, 0) is 12.8 Å². The smallest absolute Gasteiger partial charge is 0.296 e. The van der Waals surface area contributed by atoms with Gasteiger partial charge in [0.05, 0.1) is 16.8 Å². The number of hydrogen-bond acceptors (Lipinski definition) is 4. The van der Waals surface area contributed by atoms with Crippen LogP contribution in [0, 0.1) is 6.92 Å². The van der Waals surface area contributed by atoms with Crippen molar-refractivity contribution in [3.8, 4) is 0 Å². The molecule has 0 saturated carbocycles. The average molecular weight is 306 g/mol. The van der Waals surface area contributed by atoms with Gasteiger partial charge in [0.15, 0.2) is 0 Å². The van der Waals surface area contributed by atoms with E-state index in [1.807, 2.05) is 24.0 Å². The normalized spacial score (nSPS) is 12.7. The molecule has 0 amide bonds. The maximum atomic E-state index is 8.95. The standard InChI is InChI=1S/C12H14N2OS.2ClH/c1-9-10(2-4-15)7-13-8-11(9)6-12-14-3-5-16-12;;/h3,5,7-8,15H,2,4,6H2,1H3;2*1H/q+1;;/p-1. The van der Waals surface area contributed by atoms with E-state index in [2.05, 4.69) is 16.9 Å². The lowest BCUT2D eigenvalue weighted by molar-refractivity contribution is -0.00000467. The lowest BCUT2D eigenvalue weighted by atomic mass is 10.0. The topological polar surface area (TPSA) is 47.2 Å². The Hall–Kier alpha value is -0.550. The van der Waals surface area contributed by atoms with Gasteiger partial charge in [-0.1, -0.05) is 0 Å². The van der Waals surface area contributed by atoms with Gasteiger partial charge in [0.2, 0.25) is 6.20 Å². The van der Waals surface area contributed by atoms with Crippen LogP contribution in [0.3, 0.4) is 0 Å². The minimum absolute atomic E-state index is 0. The van der Waals surface area contributed by atoms with Crippen molar-refractivity contribution in [2.45, 2.75) is 19.8 Å². The number of nitrogens with zero attached hydrogens (tertiary/aromatic N) is 2. The largest absolute Gasteiger partial charge is 1.00 e. The van der Waals surface area contributed by atoms with E-state index in [1.54, 1.807) is 11.8 Å². The zero-order valence-electron chi connectivity index (χ0n) is 9.97. The summed E-state index contributed by atoms with van der Waals surface area (Å²) in [5, 5.41) is 12.0. The van der Waals surface area contributed by atoms with E-state index in [4.69, 9.17) is 5.11 Å². The molecular weight excluding hydrogens is 291 g/mol. The number of aliphatic hydroxyl groups is 1. The summed E-state index contributed by atoms with van der Waals surface area (Å²) in [5.74, 6) is 0. The van der Waals surface area contributed by atoms with Crippen LogP contribution in [0.4, 0.5) is 0 Å². The molecule has 0 atom stereocenters. The van der Waals surface area contributed by atoms with E-state index in [1.165, 1.54) is 11.1 Å². The molecule has 0 fully saturated rings. The summed E-state index contributed by atoms with van der Waals surface area (Å²) < 4.78 is 0. The molecule has 1 N–H and O–H groups in total. The second-order valence-electron chi connectivity index (χ2n) is 3.66. The van der Waals surface area contributed by atoms with Gasteiger partial charge in [-0.3, -0.25) is 4.98 Å². The Labute approximate surface area is 124 Å². The van der Waals surface area contributed by atoms with Crippen molar-refractivity contribution in [1.82, 2.24) is 9.98 Å². The third kappa shape index (κ3) is 4.28. The molecule has 0 saturated heterocycles. The summed E-state index contributed by atoms with van der Waals surface area (Å²) in [6.45, 7) is 2.25. The van der Waals surface area contributed by atoms with Crippen molar-refractivity contribution in [2.75, 3.05) is 6.61 Å². The molecule has 0 bridgehead atoms. The third-order valence-corrected chi connectivity index (χ3v) is 3.41. The Morgan fingerprint density at radius 1 is 1.33 bits per heavy atom. The van der Waals surface area contributed by atoms with Gasteiger partial charge < -0.3 is 17.5 Å². The molecule has 3 nitrogen and oxygen atoms in total. The zero-order chi connectivity index (χ0) is 11.4. The molecule has 1 aliphatic heterocycles. The molecule has 1 radical (unpaired) electrons. The van der Waals surface area contributed by atoms with Crippen LogP contribution in [0.25, 0.3) is 0 Å². The van der Waals surface area contributed by atoms with Gasteiger partial charge in [-0.2, -0.15) is 0 Å². The van der Waals surface area contributed by atoms with Crippen LogP contribution in [0.5, 0.6) is 0 Å². The number of rotatable bonds is 4. The second kappa shape index (κ2) is 8.53. The first-order valence-corrected chi connectivity index (χ1v) is 6.11. The van der Waals surface area contributed by atoms with Crippen molar-refractivity contribution < 1.29 is 17.5 Å². The van der Waals surface area contributed by atoms with Crippen LogP contribution in [0.15, 0.2) is 24.0 Å². The van der Waals surface area contributed by atoms with Gasteiger partial charge in [0.1, 0.15) is 0 Å². The van der Waals surface area contributed by atoms with E-state index < -0.39 is 0 Å². The molecule has 1 aliphatic rings. The van der Waals surface area contributed by atoms with Crippen molar-refractivity contribution in [1.29, 1.82) is 0 Å². The monoisotopic (exact) mass is 305 g/mol. The lowest BCUT2D eigenvalue weighted by Gasteiger charge is -2.07. The minimum Gasteiger partial charge on any atom is -1.00 e. The summed E-state index contributed by atoms with van der Waals surface area (Å²) in [6.07, 6.45) is 7.04. The Kier molecular flexibility index (Phi) is 8.27. The van der Waals surface area contributed by atoms with Crippen LogP contribution in [0.1, 0.15) is 16.7 Å². The third-order valence-electron chi connectivity index (χ3n) is 2.63. The lowest BCUT2D eigenvalue weighted by Crippen LogP contribution is -3.00. The molecule has 18 heavy (non-hydrogen) atoms. The molecule has 6 heteroatoms. The number of halogens is 2. The summed E-state index contributed by atoms with van der Waals surface area (Å²) in [5.41, 5.74) is 3.54. The number of aromatic nitrogens is 1. The maximum Gasteiger partial charge on any atom is 0.296 e. The fraction of sp³-hybridized carbons (Fsp3) is 0.333. The Bertz CT molecular complexity index is 450. The minimum atomic E-state index is 0. The molecule has 0 aromatic carbocycles. The maximum absolute atomic E-state index is 8.95. The first kappa shape index (κ1) is 17.4. The first-order valence-electron chi connectivity index (χ1n) is 5.23. The molecule has 2 heterocycles. The van der Waals surface area contributed by atoms with E-state index in [9.17, 15) is 0 Å². The van der Waals surface area contributed by atoms with Gasteiger partial charge in [0, 0.05) is 19.0 Å². The molecule has 0 aliphatic carbocycles. The molecule has 99 valence electrons. The highest BCUT2D eigenvalue weighted by atomic mass is 35.5. The first-order chi connectivity index (χ1) is 7.81. The van der Waals surface area contributed by atoms with Crippen LogP contribution in [-0.4, -0.2) is 21.7 Å². The Morgan fingerprint density at radius 2 is 2.06 bits per heavy atom. The molecule has 0 unspecified atom stereocenters. The number of hydrogen-bond donors (Lipinski definition) is 1. The van der Waals surface area contributed by atoms with Gasteiger partial charge in [-0.15, -0.1) is 12.4 Å². The number of pyridine rings is 1. The van der Waals surface area contributed by atoms with Gasteiger partial charge >= 0.3 is 0 Å². The summed E-state index contributed by atoms with van der Waals surface area (Å²) in [6, 6.07) is 0. The number of aliphatic imine (C=N–C) groups is 1. The zero-order valence-corrected chi connectivity index (χ0v) is 12.4. The van der Waals surface area contributed by atoms with Crippen LogP contribution >= 0.6 is 24.2 Å². The van der Waals surface area contributed by atoms with Gasteiger partial charge in [-0.25, -0.2) is 0 Å². The summed E-state index contributed by atoms with van der Waals surface area (Å²) >= 11 is 1.66. The molecule has 0 spiro atoms. The Balaban J connectivity index is 0.00000144. The van der Waals surface area contributed by atoms with Gasteiger partial charge in [-0.05, 0) is 41.8 Å². The second-order valence-corrected chi connectivity index (χ2v) is 4.64. The SMILES string of the molecule is Cc1c(CCO)cncc1CC1=[N+]C=CS1.Cl.[Cl-]. The fourth-order valence-electron chi connectivity index (χ4n) is 1.67. The van der Waals surface area contributed by atoms with Crippen molar-refractivity contribution in [2.24, 2.45) is 0 Å². The Morgan fingerprint density at radius 3 is 2.67 bits per heavy atom. The van der Waals surface area contributed by atoms with Crippen molar-refractivity contribution >= 4 is 29.2 Å². The van der Waals surface area contributed by atoms with Crippen molar-refractivity contribution in [3.05, 3.63) is 40.7 Å². The summed E-state index contributed by atoms with van der Waals surface area (Å²) in [4.78, 5) is 8.48. The molecular formula is C12H15Cl2N2OS. The fourth-order valence-corrected chi connectivity index (χ4v) is 2.31. The number of thioether (sulfide) groups is 1. The van der Waals surface area contributed by atoms with E-state index >= 15 is 0 Å². The van der Waals surface area contributed by atoms with E-state index in [0.29, 0.717) is 6.42 Å². The predicted octanol–water partition coefficient (Wildman–Crippen LogP) is -1.15. The van der Waals surface area contributed by atoms with Crippen LogP contribution in [0.2, 0.25) is 0 Å². The average Bonchev–Trinajstić information content (AvgIpc) is 2.77. The van der Waals surface area contributed by atoms with Gasteiger partial charge in [0.25, 0.3) is 5.04 Å². The van der Waals surface area contributed by atoms with E-state index in [0.717, 1.165) is 17.0 Å². The molecule has 2 rings (SSSR count). The highest BCUT2D eigenvalue weighted by molar-refractivity contribution is 8.16. The quantitative estimate of drug-likeness (QED) is 0.764. The number of aliphatic hydroxyl groups excluding tert-OH is 1. The molecule has 1 aromatic heterocycles. The van der Waals surface area contributed by atoms with E-state index in [-0.39, 0.29) is 31.4 Å². The van der Waals surface area contributed by atoms with Crippen LogP contribution < -0.4 is 17.4 Å². The highest BCUT2D eigenvalue weighted by Crippen LogP contribution is 2.18. The van der Waals surface area contributed by atoms with Crippen molar-refractivity contribution in [3.63, 3.8) is 0 Å². The molecule has 1 aromatic rings. The predicted molar refractivity (Wildman–Crippen MR) is 74.6 cm³/mol.